The Morgan fingerprint density at radius 3 is 1.63 bits per heavy atom. The number of alkyl halides is 3. The summed E-state index contributed by atoms with van der Waals surface area (Å²) in [7, 11) is 25.7. The first-order valence-electron chi connectivity index (χ1n) is 13.7. The first-order chi connectivity index (χ1) is 21.8. The molecule has 7 rings (SSSR count). The highest BCUT2D eigenvalue weighted by Crippen LogP contribution is 2.45. The van der Waals surface area contributed by atoms with Gasteiger partial charge in [-0.2, -0.15) is 21.6 Å². The van der Waals surface area contributed by atoms with Crippen LogP contribution in [0.5, 0.6) is 5.75 Å². The molecule has 0 bridgehead atoms. The summed E-state index contributed by atoms with van der Waals surface area (Å²) < 4.78 is 73.6. The molecule has 7 aromatic rings. The molecule has 0 saturated carbocycles. The van der Waals surface area contributed by atoms with E-state index >= 15 is 0 Å². The first kappa shape index (κ1) is 30.2. The topological polar surface area (TPSA) is 56.5 Å². The lowest BCUT2D eigenvalue weighted by molar-refractivity contribution is -0.0499. The van der Waals surface area contributed by atoms with Gasteiger partial charge in [0.25, 0.3) is 0 Å². The van der Waals surface area contributed by atoms with E-state index in [0.29, 0.717) is 27.7 Å². The molecule has 1 aromatic heterocycles. The van der Waals surface area contributed by atoms with Crippen molar-refractivity contribution < 1.29 is 30.2 Å². The minimum Gasteiger partial charge on any atom is -0.456 e. The molecule has 0 aliphatic heterocycles. The van der Waals surface area contributed by atoms with Crippen LogP contribution in [0, 0.1) is 0 Å². The van der Waals surface area contributed by atoms with Crippen molar-refractivity contribution in [2.75, 3.05) is 0 Å². The molecule has 10 radical (unpaired) electrons. The van der Waals surface area contributed by atoms with Crippen LogP contribution in [-0.2, 0) is 10.1 Å². The predicted octanol–water partition coefficient (Wildman–Crippen LogP) is 3.42. The number of benzene rings is 6. The zero-order chi connectivity index (χ0) is 32.7. The Bertz CT molecular complexity index is 2440. The molecule has 13 heteroatoms. The van der Waals surface area contributed by atoms with E-state index in [2.05, 4.69) is 4.18 Å². The molecule has 0 aliphatic carbocycles. The minimum atomic E-state index is -5.91. The molecule has 6 aromatic carbocycles. The van der Waals surface area contributed by atoms with Gasteiger partial charge in [0.2, 0.25) is 0 Å². The molecule has 1 heterocycles. The standard InChI is InChI=1S/C33H14B5F3O4S/c34-28-27(29(35)31(37)32(38)30(28)36)25-18-8-3-1-6-16(18)24(17-7-2-4-9-19(17)25)15-12-13-20-23(14-15)44-21-10-5-11-22(26(20)21)45-46(42,43)33(39,40)41/h1-14H. The molecule has 4 nitrogen and oxygen atoms in total. The van der Waals surface area contributed by atoms with E-state index in [1.165, 1.54) is 12.1 Å². The lowest BCUT2D eigenvalue weighted by Crippen LogP contribution is -2.55. The van der Waals surface area contributed by atoms with Gasteiger partial charge in [0.1, 0.15) is 50.4 Å². The highest BCUT2D eigenvalue weighted by molar-refractivity contribution is 7.88. The van der Waals surface area contributed by atoms with Gasteiger partial charge in [0.15, 0.2) is 5.75 Å². The normalized spacial score (nSPS) is 12.4. The Morgan fingerprint density at radius 2 is 1.09 bits per heavy atom. The Kier molecular flexibility index (Phi) is 6.90. The number of rotatable bonds is 4. The Labute approximate surface area is 268 Å². The van der Waals surface area contributed by atoms with E-state index in [9.17, 15) is 21.6 Å². The quantitative estimate of drug-likeness (QED) is 0.132. The zero-order valence-corrected chi connectivity index (χ0v) is 24.5. The Balaban J connectivity index is 1.51. The van der Waals surface area contributed by atoms with Crippen molar-refractivity contribution in [3.8, 4) is 28.0 Å². The second kappa shape index (κ2) is 10.5. The summed E-state index contributed by atoms with van der Waals surface area (Å²) in [6, 6.07) is 24.4. The van der Waals surface area contributed by atoms with Gasteiger partial charge in [-0.3, -0.25) is 0 Å². The maximum absolute atomic E-state index is 13.1. The molecule has 0 saturated heterocycles. The summed E-state index contributed by atoms with van der Waals surface area (Å²) in [5, 5.41) is 3.67. The van der Waals surface area contributed by atoms with E-state index < -0.39 is 21.4 Å². The average molecular weight is 618 g/mol. The van der Waals surface area contributed by atoms with E-state index in [1.54, 1.807) is 18.2 Å². The maximum atomic E-state index is 13.1. The van der Waals surface area contributed by atoms with Crippen molar-refractivity contribution in [1.82, 2.24) is 0 Å². The molecule has 0 N–H and O–H groups in total. The zero-order valence-electron chi connectivity index (χ0n) is 23.6. The van der Waals surface area contributed by atoms with Crippen molar-refractivity contribution in [3.05, 3.63) is 84.9 Å². The second-order valence-electron chi connectivity index (χ2n) is 10.7. The molecule has 0 unspecified atom stereocenters. The lowest BCUT2D eigenvalue weighted by atomic mass is 9.59. The third-order valence-corrected chi connectivity index (χ3v) is 9.08. The van der Waals surface area contributed by atoms with Gasteiger partial charge in [-0.15, -0.1) is 16.4 Å². The smallest absolute Gasteiger partial charge is 0.456 e. The number of fused-ring (bicyclic) bond motifs is 5. The summed E-state index contributed by atoms with van der Waals surface area (Å²) in [6.07, 6.45) is 0. The Morgan fingerprint density at radius 1 is 0.565 bits per heavy atom. The first-order valence-corrected chi connectivity index (χ1v) is 15.1. The van der Waals surface area contributed by atoms with Crippen molar-refractivity contribution in [3.63, 3.8) is 0 Å². The maximum Gasteiger partial charge on any atom is 0.534 e. The SMILES string of the molecule is [B]c1c([B])c([B])c(-c2c3ccccc3c(-c3ccc4c(c3)oc3cccc(OS(=O)(=O)C(F)(F)F)c34)c3ccccc23)c([B])c1[B]. The van der Waals surface area contributed by atoms with Crippen LogP contribution in [0.25, 0.3) is 65.7 Å². The van der Waals surface area contributed by atoms with Gasteiger partial charge in [-0.1, -0.05) is 71.6 Å². The van der Waals surface area contributed by atoms with E-state index in [-0.39, 0.29) is 38.3 Å². The van der Waals surface area contributed by atoms with Gasteiger partial charge in [0.05, 0.1) is 5.39 Å². The predicted molar refractivity (Wildman–Crippen MR) is 182 cm³/mol. The number of furan rings is 1. The summed E-state index contributed by atoms with van der Waals surface area (Å²) >= 11 is 0. The van der Waals surface area contributed by atoms with E-state index in [4.69, 9.17) is 43.6 Å². The fourth-order valence-corrected chi connectivity index (χ4v) is 6.48. The van der Waals surface area contributed by atoms with Gasteiger partial charge >= 0.3 is 15.6 Å². The molecular formula is C33H14B5F3O4S. The van der Waals surface area contributed by atoms with E-state index in [1.807, 2.05) is 48.5 Å². The molecular weight excluding hydrogens is 603 g/mol. The molecule has 46 heavy (non-hydrogen) atoms. The Hall–Kier alpha value is -4.50. The third kappa shape index (κ3) is 4.47. The summed E-state index contributed by atoms with van der Waals surface area (Å²) in [6.45, 7) is 0. The fourth-order valence-electron chi connectivity index (χ4n) is 6.01. The lowest BCUT2D eigenvalue weighted by Gasteiger charge is -2.25. The molecule has 212 valence electrons. The van der Waals surface area contributed by atoms with Crippen LogP contribution >= 0.6 is 0 Å². The molecule has 0 amide bonds. The second-order valence-corrected chi connectivity index (χ2v) is 12.2. The fraction of sp³-hybridized carbons (Fsp3) is 0.0303. The highest BCUT2D eigenvalue weighted by Gasteiger charge is 2.48. The average Bonchev–Trinajstić information content (AvgIpc) is 3.40. The van der Waals surface area contributed by atoms with Crippen molar-refractivity contribution in [1.29, 1.82) is 0 Å². The molecule has 0 aliphatic rings. The summed E-state index contributed by atoms with van der Waals surface area (Å²) in [5.74, 6) is -0.501. The van der Waals surface area contributed by atoms with Crippen LogP contribution in [0.2, 0.25) is 0 Å². The largest absolute Gasteiger partial charge is 0.534 e. The number of hydrogen-bond donors (Lipinski definition) is 0. The van der Waals surface area contributed by atoms with Gasteiger partial charge in [-0.25, -0.2) is 0 Å². The number of halogens is 3. The van der Waals surface area contributed by atoms with E-state index in [0.717, 1.165) is 33.2 Å². The minimum absolute atomic E-state index is 0.0893. The third-order valence-electron chi connectivity index (χ3n) is 8.11. The van der Waals surface area contributed by atoms with Crippen molar-refractivity contribution in [2.24, 2.45) is 0 Å². The molecule has 0 atom stereocenters. The van der Waals surface area contributed by atoms with Crippen LogP contribution < -0.4 is 31.5 Å². The van der Waals surface area contributed by atoms with Gasteiger partial charge < -0.3 is 8.60 Å². The van der Waals surface area contributed by atoms with Gasteiger partial charge in [0, 0.05) is 5.39 Å². The van der Waals surface area contributed by atoms with Crippen LogP contribution in [0.15, 0.2) is 89.3 Å². The van der Waals surface area contributed by atoms with Crippen molar-refractivity contribution >= 4 is 120 Å². The van der Waals surface area contributed by atoms with Gasteiger partial charge in [-0.05, 0) is 68.1 Å². The monoisotopic (exact) mass is 618 g/mol. The van der Waals surface area contributed by atoms with Crippen molar-refractivity contribution in [2.45, 2.75) is 5.51 Å². The summed E-state index contributed by atoms with van der Waals surface area (Å²) in [5.41, 5.74) is -1.70. The van der Waals surface area contributed by atoms with Crippen LogP contribution in [-0.4, -0.2) is 53.2 Å². The van der Waals surface area contributed by atoms with Crippen LogP contribution in [0.3, 0.4) is 0 Å². The van der Waals surface area contributed by atoms with Crippen LogP contribution in [0.4, 0.5) is 13.2 Å². The highest BCUT2D eigenvalue weighted by atomic mass is 32.2. The summed E-state index contributed by atoms with van der Waals surface area (Å²) in [4.78, 5) is 0. The molecule has 0 spiro atoms. The van der Waals surface area contributed by atoms with Crippen LogP contribution in [0.1, 0.15) is 0 Å². The number of hydrogen-bond acceptors (Lipinski definition) is 4. The molecule has 0 fully saturated rings.